The molecule has 2 rings (SSSR count). The molecule has 0 atom stereocenters. The topological polar surface area (TPSA) is 39.7 Å². The van der Waals surface area contributed by atoms with Crippen LogP contribution in [0.3, 0.4) is 0 Å². The van der Waals surface area contributed by atoms with Crippen molar-refractivity contribution in [3.8, 4) is 0 Å². The summed E-state index contributed by atoms with van der Waals surface area (Å²) in [5.41, 5.74) is 0.895. The standard InChI is InChI=1S/C16H23ClN4S/c1-2-3-4-5-9-18-15-19-10-11-21(15)16(22)20-14-8-6-7-13(17)12-14/h6-8,12H,2-5,9-11H2,1H3,(H,18,19)(H,20,22). The van der Waals surface area contributed by atoms with Gasteiger partial charge in [0.25, 0.3) is 0 Å². The van der Waals surface area contributed by atoms with Crippen LogP contribution in [-0.4, -0.2) is 35.6 Å². The van der Waals surface area contributed by atoms with E-state index in [4.69, 9.17) is 23.8 Å². The van der Waals surface area contributed by atoms with Gasteiger partial charge in [-0.05, 0) is 36.8 Å². The zero-order valence-corrected chi connectivity index (χ0v) is 14.5. The highest BCUT2D eigenvalue weighted by Gasteiger charge is 2.20. The van der Waals surface area contributed by atoms with Gasteiger partial charge in [0.2, 0.25) is 0 Å². The summed E-state index contributed by atoms with van der Waals surface area (Å²) in [6.45, 7) is 4.74. The number of hydrogen-bond acceptors (Lipinski definition) is 3. The molecule has 0 aliphatic carbocycles. The van der Waals surface area contributed by atoms with E-state index in [0.29, 0.717) is 10.1 Å². The molecule has 0 unspecified atom stereocenters. The van der Waals surface area contributed by atoms with Gasteiger partial charge in [0.1, 0.15) is 0 Å². The summed E-state index contributed by atoms with van der Waals surface area (Å²) in [4.78, 5) is 6.50. The molecule has 0 spiro atoms. The largest absolute Gasteiger partial charge is 0.356 e. The SMILES string of the molecule is CCCCCCNC1=NCCN1C(=S)Nc1cccc(Cl)c1. The lowest BCUT2D eigenvalue weighted by Crippen LogP contribution is -2.44. The first-order valence-corrected chi connectivity index (χ1v) is 8.61. The number of benzene rings is 1. The molecule has 6 heteroatoms. The second kappa shape index (κ2) is 8.96. The molecule has 1 heterocycles. The van der Waals surface area contributed by atoms with Gasteiger partial charge in [-0.25, -0.2) is 0 Å². The van der Waals surface area contributed by atoms with Gasteiger partial charge in [-0.15, -0.1) is 0 Å². The summed E-state index contributed by atoms with van der Waals surface area (Å²) in [6, 6.07) is 7.55. The van der Waals surface area contributed by atoms with E-state index in [9.17, 15) is 0 Å². The minimum absolute atomic E-state index is 0.652. The van der Waals surface area contributed by atoms with Crippen molar-refractivity contribution in [1.29, 1.82) is 0 Å². The second-order valence-corrected chi connectivity index (χ2v) is 6.11. The minimum Gasteiger partial charge on any atom is -0.356 e. The molecular formula is C16H23ClN4S. The van der Waals surface area contributed by atoms with Crippen LogP contribution in [0.4, 0.5) is 5.69 Å². The molecular weight excluding hydrogens is 316 g/mol. The molecule has 0 saturated carbocycles. The molecule has 0 amide bonds. The number of anilines is 1. The van der Waals surface area contributed by atoms with Crippen molar-refractivity contribution in [2.75, 3.05) is 25.0 Å². The van der Waals surface area contributed by atoms with E-state index in [2.05, 4.69) is 22.5 Å². The Kier molecular flexibility index (Phi) is 6.93. The zero-order valence-electron chi connectivity index (χ0n) is 12.9. The molecule has 0 aromatic heterocycles. The van der Waals surface area contributed by atoms with Crippen molar-refractivity contribution < 1.29 is 0 Å². The Balaban J connectivity index is 1.82. The van der Waals surface area contributed by atoms with Crippen molar-refractivity contribution in [1.82, 2.24) is 10.2 Å². The van der Waals surface area contributed by atoms with Gasteiger partial charge in [0.15, 0.2) is 11.1 Å². The molecule has 0 saturated heterocycles. The Morgan fingerprint density at radius 2 is 2.23 bits per heavy atom. The van der Waals surface area contributed by atoms with Gasteiger partial charge in [0.05, 0.1) is 6.54 Å². The lowest BCUT2D eigenvalue weighted by Gasteiger charge is -2.22. The van der Waals surface area contributed by atoms with E-state index >= 15 is 0 Å². The molecule has 0 fully saturated rings. The molecule has 1 aromatic carbocycles. The lowest BCUT2D eigenvalue weighted by molar-refractivity contribution is 0.614. The normalized spacial score (nSPS) is 13.9. The van der Waals surface area contributed by atoms with E-state index in [1.807, 2.05) is 29.2 Å². The summed E-state index contributed by atoms with van der Waals surface area (Å²) in [5, 5.41) is 7.95. The van der Waals surface area contributed by atoms with Gasteiger partial charge in [-0.2, -0.15) is 0 Å². The third kappa shape index (κ3) is 5.14. The van der Waals surface area contributed by atoms with E-state index < -0.39 is 0 Å². The van der Waals surface area contributed by atoms with E-state index in [1.54, 1.807) is 0 Å². The van der Waals surface area contributed by atoms with Crippen molar-refractivity contribution in [2.24, 2.45) is 4.99 Å². The van der Waals surface area contributed by atoms with E-state index in [1.165, 1.54) is 19.3 Å². The van der Waals surface area contributed by atoms with Crippen LogP contribution in [0.1, 0.15) is 32.6 Å². The Bertz CT molecular complexity index is 533. The number of thiocarbonyl (C=S) groups is 1. The molecule has 2 N–H and O–H groups in total. The van der Waals surface area contributed by atoms with Crippen LogP contribution >= 0.6 is 23.8 Å². The molecule has 1 aliphatic heterocycles. The highest BCUT2D eigenvalue weighted by atomic mass is 35.5. The summed E-state index contributed by atoms with van der Waals surface area (Å²) >= 11 is 11.5. The number of unbranched alkanes of at least 4 members (excludes halogenated alkanes) is 3. The average molecular weight is 339 g/mol. The van der Waals surface area contributed by atoms with Crippen molar-refractivity contribution in [2.45, 2.75) is 32.6 Å². The van der Waals surface area contributed by atoms with Crippen LogP contribution in [-0.2, 0) is 0 Å². The number of rotatable bonds is 6. The first-order valence-electron chi connectivity index (χ1n) is 7.83. The fourth-order valence-corrected chi connectivity index (χ4v) is 2.79. The van der Waals surface area contributed by atoms with Gasteiger partial charge < -0.3 is 10.6 Å². The number of nitrogens with zero attached hydrogens (tertiary/aromatic N) is 2. The van der Waals surface area contributed by atoms with Crippen molar-refractivity contribution >= 4 is 40.6 Å². The minimum atomic E-state index is 0.652. The van der Waals surface area contributed by atoms with Crippen molar-refractivity contribution in [3.05, 3.63) is 29.3 Å². The fourth-order valence-electron chi connectivity index (χ4n) is 2.31. The maximum Gasteiger partial charge on any atom is 0.200 e. The molecule has 22 heavy (non-hydrogen) atoms. The molecule has 0 bridgehead atoms. The Labute approximate surface area is 142 Å². The van der Waals surface area contributed by atoms with E-state index in [0.717, 1.165) is 37.7 Å². The number of guanidine groups is 1. The quantitative estimate of drug-likeness (QED) is 0.610. The highest BCUT2D eigenvalue weighted by Crippen LogP contribution is 2.16. The monoisotopic (exact) mass is 338 g/mol. The fraction of sp³-hybridized carbons (Fsp3) is 0.500. The Hall–Kier alpha value is -1.33. The maximum atomic E-state index is 5.99. The number of hydrogen-bond donors (Lipinski definition) is 2. The Morgan fingerprint density at radius 3 is 3.00 bits per heavy atom. The van der Waals surface area contributed by atoms with Crippen LogP contribution in [0.15, 0.2) is 29.3 Å². The predicted molar refractivity (Wildman–Crippen MR) is 98.8 cm³/mol. The molecule has 0 radical (unpaired) electrons. The summed E-state index contributed by atoms with van der Waals surface area (Å²) < 4.78 is 0. The maximum absolute atomic E-state index is 5.99. The third-order valence-corrected chi connectivity index (χ3v) is 4.03. The Morgan fingerprint density at radius 1 is 1.36 bits per heavy atom. The first-order chi connectivity index (χ1) is 10.7. The molecule has 1 aromatic rings. The number of nitrogens with one attached hydrogen (secondary N) is 2. The average Bonchev–Trinajstić information content (AvgIpc) is 2.95. The van der Waals surface area contributed by atoms with Crippen LogP contribution < -0.4 is 10.6 Å². The number of halogens is 1. The van der Waals surface area contributed by atoms with Crippen LogP contribution in [0.25, 0.3) is 0 Å². The van der Waals surface area contributed by atoms with Gasteiger partial charge in [-0.1, -0.05) is 43.9 Å². The zero-order chi connectivity index (χ0) is 15.8. The summed E-state index contributed by atoms with van der Waals surface area (Å²) in [5.74, 6) is 0.871. The van der Waals surface area contributed by atoms with Gasteiger partial charge in [-0.3, -0.25) is 9.89 Å². The second-order valence-electron chi connectivity index (χ2n) is 5.28. The summed E-state index contributed by atoms with van der Waals surface area (Å²) in [7, 11) is 0. The van der Waals surface area contributed by atoms with Gasteiger partial charge in [0, 0.05) is 23.8 Å². The molecule has 1 aliphatic rings. The first kappa shape index (κ1) is 17.0. The van der Waals surface area contributed by atoms with Gasteiger partial charge >= 0.3 is 0 Å². The van der Waals surface area contributed by atoms with Crippen molar-refractivity contribution in [3.63, 3.8) is 0 Å². The summed E-state index contributed by atoms with van der Waals surface area (Å²) in [6.07, 6.45) is 4.95. The van der Waals surface area contributed by atoms with Crippen LogP contribution in [0.2, 0.25) is 5.02 Å². The third-order valence-electron chi connectivity index (χ3n) is 3.48. The van der Waals surface area contributed by atoms with E-state index in [-0.39, 0.29) is 0 Å². The van der Waals surface area contributed by atoms with Crippen LogP contribution in [0.5, 0.6) is 0 Å². The smallest absolute Gasteiger partial charge is 0.200 e. The van der Waals surface area contributed by atoms with Crippen LogP contribution in [0, 0.1) is 0 Å². The predicted octanol–water partition coefficient (Wildman–Crippen LogP) is 3.88. The lowest BCUT2D eigenvalue weighted by atomic mass is 10.2. The highest BCUT2D eigenvalue weighted by molar-refractivity contribution is 7.80. The number of aliphatic imine (C=N–C) groups is 1. The molecule has 4 nitrogen and oxygen atoms in total. The molecule has 120 valence electrons.